The molecule has 3 aromatic carbocycles. The van der Waals surface area contributed by atoms with Gasteiger partial charge in [0.15, 0.2) is 0 Å². The number of anilines is 2. The number of benzene rings is 3. The number of carbonyl (C=O) groups excluding carboxylic acids is 2. The van der Waals surface area contributed by atoms with Crippen LogP contribution in [0.1, 0.15) is 21.5 Å². The Labute approximate surface area is 204 Å². The highest BCUT2D eigenvalue weighted by Crippen LogP contribution is 2.32. The van der Waals surface area contributed by atoms with Crippen molar-refractivity contribution in [1.82, 2.24) is 0 Å². The van der Waals surface area contributed by atoms with E-state index in [-0.39, 0.29) is 17.2 Å². The smallest absolute Gasteiger partial charge is 0.283 e. The SMILES string of the molecule is CN(C)c1ccc(/C=C2\C(=O)Nc3ccccc32)cc1.NC(=O)c1ccc(I)c([N+](=O)[O-])c1. The van der Waals surface area contributed by atoms with Gasteiger partial charge in [0, 0.05) is 48.2 Å². The third-order valence-corrected chi connectivity index (χ3v) is 5.77. The van der Waals surface area contributed by atoms with Crippen LogP contribution in [-0.2, 0) is 4.79 Å². The van der Waals surface area contributed by atoms with E-state index in [1.54, 1.807) is 0 Å². The fourth-order valence-corrected chi connectivity index (χ4v) is 3.66. The zero-order chi connectivity index (χ0) is 24.1. The lowest BCUT2D eigenvalue weighted by Crippen LogP contribution is -2.11. The molecule has 0 bridgehead atoms. The molecule has 0 aliphatic carbocycles. The molecule has 1 aliphatic rings. The van der Waals surface area contributed by atoms with E-state index in [1.165, 1.54) is 18.2 Å². The molecular weight excluding hydrogens is 535 g/mol. The molecule has 0 radical (unpaired) electrons. The minimum atomic E-state index is -0.667. The first-order valence-corrected chi connectivity index (χ1v) is 10.9. The zero-order valence-corrected chi connectivity index (χ0v) is 20.1. The molecule has 2 amide bonds. The van der Waals surface area contributed by atoms with E-state index in [4.69, 9.17) is 5.73 Å². The largest absolute Gasteiger partial charge is 0.378 e. The molecule has 0 atom stereocenters. The van der Waals surface area contributed by atoms with Crippen LogP contribution in [0, 0.1) is 13.7 Å². The summed E-state index contributed by atoms with van der Waals surface area (Å²) >= 11 is 1.82. The number of fused-ring (bicyclic) bond motifs is 1. The lowest BCUT2D eigenvalue weighted by atomic mass is 10.0. The van der Waals surface area contributed by atoms with Crippen molar-refractivity contribution in [2.75, 3.05) is 24.3 Å². The van der Waals surface area contributed by atoms with Crippen molar-refractivity contribution in [2.24, 2.45) is 5.73 Å². The Morgan fingerprint density at radius 1 is 1.09 bits per heavy atom. The maximum absolute atomic E-state index is 12.0. The van der Waals surface area contributed by atoms with Gasteiger partial charge >= 0.3 is 0 Å². The fourth-order valence-electron chi connectivity index (χ4n) is 3.12. The van der Waals surface area contributed by atoms with Crippen LogP contribution in [-0.4, -0.2) is 30.8 Å². The van der Waals surface area contributed by atoms with Crippen molar-refractivity contribution in [3.05, 3.63) is 97.1 Å². The van der Waals surface area contributed by atoms with Crippen molar-refractivity contribution in [3.63, 3.8) is 0 Å². The van der Waals surface area contributed by atoms with Crippen LogP contribution in [0.4, 0.5) is 17.1 Å². The van der Waals surface area contributed by atoms with Gasteiger partial charge < -0.3 is 16.0 Å². The van der Waals surface area contributed by atoms with Gasteiger partial charge in [0.2, 0.25) is 5.91 Å². The molecule has 0 fully saturated rings. The number of hydrogen-bond donors (Lipinski definition) is 2. The van der Waals surface area contributed by atoms with E-state index in [2.05, 4.69) is 10.2 Å². The summed E-state index contributed by atoms with van der Waals surface area (Å²) in [6.07, 6.45) is 1.93. The second-order valence-electron chi connectivity index (χ2n) is 7.33. The molecule has 0 aromatic heterocycles. The van der Waals surface area contributed by atoms with E-state index in [0.717, 1.165) is 28.1 Å². The zero-order valence-electron chi connectivity index (χ0n) is 17.9. The highest BCUT2D eigenvalue weighted by atomic mass is 127. The van der Waals surface area contributed by atoms with E-state index < -0.39 is 10.8 Å². The molecule has 0 saturated heterocycles. The molecule has 1 aliphatic heterocycles. The Hall–Kier alpha value is -3.73. The number of nitro groups is 1. The van der Waals surface area contributed by atoms with Crippen LogP contribution in [0.25, 0.3) is 11.6 Å². The summed E-state index contributed by atoms with van der Waals surface area (Å²) < 4.78 is 0.479. The Morgan fingerprint density at radius 2 is 1.76 bits per heavy atom. The number of nitrogens with two attached hydrogens (primary N) is 1. The third kappa shape index (κ3) is 5.75. The number of amides is 2. The van der Waals surface area contributed by atoms with Crippen LogP contribution in [0.15, 0.2) is 66.7 Å². The summed E-state index contributed by atoms with van der Waals surface area (Å²) in [6, 6.07) is 20.0. The summed E-state index contributed by atoms with van der Waals surface area (Å²) in [5.41, 5.74) is 9.75. The summed E-state index contributed by atoms with van der Waals surface area (Å²) in [5, 5.41) is 13.3. The summed E-state index contributed by atoms with van der Waals surface area (Å²) in [4.78, 5) is 34.7. The molecule has 0 saturated carbocycles. The topological polar surface area (TPSA) is 119 Å². The van der Waals surface area contributed by atoms with Gasteiger partial charge in [-0.1, -0.05) is 30.3 Å². The number of rotatable bonds is 4. The monoisotopic (exact) mass is 556 g/mol. The molecule has 4 rings (SSSR count). The maximum atomic E-state index is 12.0. The molecule has 0 spiro atoms. The van der Waals surface area contributed by atoms with Gasteiger partial charge in [0.05, 0.1) is 8.49 Å². The van der Waals surface area contributed by atoms with Crippen LogP contribution < -0.4 is 16.0 Å². The first kappa shape index (κ1) is 23.9. The van der Waals surface area contributed by atoms with Gasteiger partial charge in [-0.3, -0.25) is 19.7 Å². The van der Waals surface area contributed by atoms with Gasteiger partial charge in [-0.15, -0.1) is 0 Å². The highest BCUT2D eigenvalue weighted by molar-refractivity contribution is 14.1. The average Bonchev–Trinajstić information content (AvgIpc) is 3.09. The number of nitrogens with one attached hydrogen (secondary N) is 1. The number of carbonyl (C=O) groups is 2. The highest BCUT2D eigenvalue weighted by Gasteiger charge is 2.23. The predicted octanol–water partition coefficient (Wildman–Crippen LogP) is 4.54. The number of nitro benzene ring substituents is 1. The standard InChI is InChI=1S/C17H16N2O.C7H5IN2O3/c1-19(2)13-9-7-12(8-10-13)11-15-14-5-3-4-6-16(14)18-17(15)20;8-5-2-1-4(7(9)11)3-6(5)10(12)13/h3-11H,1-2H3,(H,18,20);1-3H,(H2,9,11)/b15-11-;. The van der Waals surface area contributed by atoms with Crippen LogP contribution in [0.2, 0.25) is 0 Å². The van der Waals surface area contributed by atoms with Crippen LogP contribution in [0.3, 0.4) is 0 Å². The molecule has 1 heterocycles. The summed E-state index contributed by atoms with van der Waals surface area (Å²) in [7, 11) is 4.02. The number of hydrogen-bond acceptors (Lipinski definition) is 5. The van der Waals surface area contributed by atoms with Gasteiger partial charge in [0.25, 0.3) is 11.6 Å². The van der Waals surface area contributed by atoms with Crippen molar-refractivity contribution < 1.29 is 14.5 Å². The van der Waals surface area contributed by atoms with Crippen LogP contribution in [0.5, 0.6) is 0 Å². The van der Waals surface area contributed by atoms with Gasteiger partial charge in [-0.05, 0) is 64.6 Å². The van der Waals surface area contributed by atoms with E-state index >= 15 is 0 Å². The van der Waals surface area contributed by atoms with Gasteiger partial charge in [-0.25, -0.2) is 0 Å². The first-order chi connectivity index (χ1) is 15.7. The molecule has 33 heavy (non-hydrogen) atoms. The maximum Gasteiger partial charge on any atom is 0.283 e. The molecule has 168 valence electrons. The van der Waals surface area contributed by atoms with Crippen LogP contribution >= 0.6 is 22.6 Å². The normalized spacial score (nSPS) is 12.9. The Bertz CT molecular complexity index is 1250. The molecule has 3 aromatic rings. The van der Waals surface area contributed by atoms with Crippen molar-refractivity contribution >= 4 is 63.1 Å². The number of nitrogens with zero attached hydrogens (tertiary/aromatic N) is 2. The van der Waals surface area contributed by atoms with E-state index in [0.29, 0.717) is 3.57 Å². The minimum absolute atomic E-state index is 0.0390. The second kappa shape index (κ2) is 10.3. The molecular formula is C24H21IN4O4. The quantitative estimate of drug-likeness (QED) is 0.212. The minimum Gasteiger partial charge on any atom is -0.378 e. The molecule has 3 N–H and O–H groups in total. The first-order valence-electron chi connectivity index (χ1n) is 9.81. The lowest BCUT2D eigenvalue weighted by Gasteiger charge is -2.11. The third-order valence-electron chi connectivity index (χ3n) is 4.86. The summed E-state index contributed by atoms with van der Waals surface area (Å²) in [5.74, 6) is -0.706. The van der Waals surface area contributed by atoms with E-state index in [9.17, 15) is 19.7 Å². The van der Waals surface area contributed by atoms with Crippen molar-refractivity contribution in [2.45, 2.75) is 0 Å². The number of halogens is 1. The Morgan fingerprint density at radius 3 is 2.36 bits per heavy atom. The predicted molar refractivity (Wildman–Crippen MR) is 138 cm³/mol. The fraction of sp³-hybridized carbons (Fsp3) is 0.0833. The molecule has 8 nitrogen and oxygen atoms in total. The summed E-state index contributed by atoms with van der Waals surface area (Å²) in [6.45, 7) is 0. The van der Waals surface area contributed by atoms with Gasteiger partial charge in [-0.2, -0.15) is 0 Å². The van der Waals surface area contributed by atoms with E-state index in [1.807, 2.05) is 91.3 Å². The lowest BCUT2D eigenvalue weighted by molar-refractivity contribution is -0.385. The van der Waals surface area contributed by atoms with Gasteiger partial charge in [0.1, 0.15) is 0 Å². The Balaban J connectivity index is 0.000000205. The van der Waals surface area contributed by atoms with Crippen molar-refractivity contribution in [3.8, 4) is 0 Å². The second-order valence-corrected chi connectivity index (χ2v) is 8.49. The average molecular weight is 556 g/mol. The van der Waals surface area contributed by atoms with Crippen molar-refractivity contribution in [1.29, 1.82) is 0 Å². The molecule has 0 unspecified atom stereocenters. The molecule has 9 heteroatoms. The number of para-hydroxylation sites is 1. The number of primary amides is 1. The Kier molecular flexibility index (Phi) is 7.44.